The van der Waals surface area contributed by atoms with Crippen molar-refractivity contribution in [1.82, 2.24) is 14.1 Å². The molecule has 3 aromatic rings. The fourth-order valence-electron chi connectivity index (χ4n) is 1.84. The molecule has 0 fully saturated rings. The van der Waals surface area contributed by atoms with Crippen molar-refractivity contribution >= 4 is 85.9 Å². The minimum atomic E-state index is -0.320. The van der Waals surface area contributed by atoms with Crippen LogP contribution in [-0.4, -0.2) is 19.8 Å². The van der Waals surface area contributed by atoms with Crippen LogP contribution in [0.2, 0.25) is 5.02 Å². The zero-order valence-electron chi connectivity index (χ0n) is 11.3. The van der Waals surface area contributed by atoms with Gasteiger partial charge in [0.05, 0.1) is 22.4 Å². The summed E-state index contributed by atoms with van der Waals surface area (Å²) in [6.07, 6.45) is 0. The predicted octanol–water partition coefficient (Wildman–Crippen LogP) is 4.08. The highest BCUT2D eigenvalue weighted by Crippen LogP contribution is 2.23. The van der Waals surface area contributed by atoms with E-state index < -0.39 is 0 Å². The predicted molar refractivity (Wildman–Crippen MR) is 105 cm³/mol. The van der Waals surface area contributed by atoms with Gasteiger partial charge in [-0.2, -0.15) is 8.75 Å². The van der Waals surface area contributed by atoms with Gasteiger partial charge in [-0.1, -0.05) is 11.6 Å². The van der Waals surface area contributed by atoms with E-state index in [1.807, 2.05) is 6.07 Å². The Kier molecular flexibility index (Phi) is 5.05. The highest BCUT2D eigenvalue weighted by molar-refractivity contribution is 14.1. The molecule has 0 saturated carbocycles. The Balaban J connectivity index is 1.70. The van der Waals surface area contributed by atoms with Crippen LogP contribution >= 0.6 is 58.1 Å². The summed E-state index contributed by atoms with van der Waals surface area (Å²) in [4.78, 5) is 12.2. The third kappa shape index (κ3) is 3.94. The van der Waals surface area contributed by atoms with E-state index >= 15 is 0 Å². The number of hydrogen-bond acceptors (Lipinski definition) is 5. The van der Waals surface area contributed by atoms with Crippen LogP contribution in [-0.2, 0) is 0 Å². The van der Waals surface area contributed by atoms with E-state index in [0.717, 1.165) is 20.8 Å². The Bertz CT molecular complexity index is 915. The number of benzene rings is 2. The zero-order chi connectivity index (χ0) is 16.4. The lowest BCUT2D eigenvalue weighted by atomic mass is 10.2. The second-order valence-electron chi connectivity index (χ2n) is 4.50. The number of amides is 1. The molecule has 2 N–H and O–H groups in total. The number of thiocarbonyl (C=S) groups is 1. The number of nitrogens with one attached hydrogen (secondary N) is 2. The average molecular weight is 475 g/mol. The van der Waals surface area contributed by atoms with Crippen LogP contribution in [0, 0.1) is 3.57 Å². The van der Waals surface area contributed by atoms with Crippen LogP contribution in [0.25, 0.3) is 11.0 Å². The monoisotopic (exact) mass is 474 g/mol. The number of rotatable bonds is 2. The molecule has 0 saturated heterocycles. The molecule has 0 aliphatic carbocycles. The summed E-state index contributed by atoms with van der Waals surface area (Å²) in [7, 11) is 0. The van der Waals surface area contributed by atoms with Crippen molar-refractivity contribution in [2.75, 3.05) is 5.32 Å². The van der Waals surface area contributed by atoms with Crippen molar-refractivity contribution in [1.29, 1.82) is 0 Å². The van der Waals surface area contributed by atoms with Gasteiger partial charge in [0.15, 0.2) is 5.11 Å². The number of anilines is 1. The zero-order valence-corrected chi connectivity index (χ0v) is 15.9. The van der Waals surface area contributed by atoms with E-state index in [-0.39, 0.29) is 11.0 Å². The lowest BCUT2D eigenvalue weighted by Crippen LogP contribution is -2.34. The van der Waals surface area contributed by atoms with E-state index in [2.05, 4.69) is 42.0 Å². The van der Waals surface area contributed by atoms with E-state index in [1.165, 1.54) is 0 Å². The Morgan fingerprint density at radius 2 is 1.96 bits per heavy atom. The van der Waals surface area contributed by atoms with E-state index in [0.29, 0.717) is 21.8 Å². The highest BCUT2D eigenvalue weighted by atomic mass is 127. The largest absolute Gasteiger partial charge is 0.331 e. The first-order valence-electron chi connectivity index (χ1n) is 6.32. The summed E-state index contributed by atoms with van der Waals surface area (Å²) in [5.41, 5.74) is 2.54. The topological polar surface area (TPSA) is 66.9 Å². The summed E-state index contributed by atoms with van der Waals surface area (Å²) < 4.78 is 9.22. The van der Waals surface area contributed by atoms with Gasteiger partial charge in [-0.3, -0.25) is 10.1 Å². The second-order valence-corrected chi connectivity index (χ2v) is 7.09. The van der Waals surface area contributed by atoms with Gasteiger partial charge < -0.3 is 5.32 Å². The number of aromatic nitrogens is 2. The maximum atomic E-state index is 12.2. The van der Waals surface area contributed by atoms with Gasteiger partial charge in [0.2, 0.25) is 0 Å². The molecule has 23 heavy (non-hydrogen) atoms. The first-order valence-corrected chi connectivity index (χ1v) is 8.92. The second kappa shape index (κ2) is 7.04. The lowest BCUT2D eigenvalue weighted by molar-refractivity contribution is 0.0978. The van der Waals surface area contributed by atoms with Crippen LogP contribution in [0.3, 0.4) is 0 Å². The molecule has 0 aliphatic heterocycles. The van der Waals surface area contributed by atoms with Gasteiger partial charge in [-0.05, 0) is 71.2 Å². The SMILES string of the molecule is O=C(NC(=S)Nc1ccc(I)cc1Cl)c1ccc2nsnc2c1. The molecule has 0 atom stereocenters. The van der Waals surface area contributed by atoms with Gasteiger partial charge in [0, 0.05) is 9.13 Å². The van der Waals surface area contributed by atoms with Crippen LogP contribution in [0.1, 0.15) is 10.4 Å². The molecule has 0 unspecified atom stereocenters. The standard InChI is InChI=1S/C14H8ClIN4OS2/c15-9-6-8(16)2-4-10(9)17-14(22)18-13(21)7-1-3-11-12(5-7)20-23-19-11/h1-6H,(H2,17,18,21,22). The van der Waals surface area contributed by atoms with Crippen LogP contribution in [0.15, 0.2) is 36.4 Å². The lowest BCUT2D eigenvalue weighted by Gasteiger charge is -2.11. The molecule has 0 radical (unpaired) electrons. The minimum Gasteiger partial charge on any atom is -0.331 e. The van der Waals surface area contributed by atoms with E-state index in [4.69, 9.17) is 23.8 Å². The number of nitrogens with zero attached hydrogens (tertiary/aromatic N) is 2. The highest BCUT2D eigenvalue weighted by Gasteiger charge is 2.11. The molecule has 3 rings (SSSR count). The molecule has 1 heterocycles. The summed E-state index contributed by atoms with van der Waals surface area (Å²) in [5, 5.41) is 6.23. The molecule has 5 nitrogen and oxygen atoms in total. The molecule has 1 aromatic heterocycles. The normalized spacial score (nSPS) is 10.5. The summed E-state index contributed by atoms with van der Waals surface area (Å²) in [6.45, 7) is 0. The van der Waals surface area contributed by atoms with Crippen molar-refractivity contribution < 1.29 is 4.79 Å². The number of carbonyl (C=O) groups excluding carboxylic acids is 1. The van der Waals surface area contributed by atoms with E-state index in [1.54, 1.807) is 30.3 Å². The van der Waals surface area contributed by atoms with Crippen LogP contribution in [0.5, 0.6) is 0 Å². The molecule has 116 valence electrons. The number of halogens is 2. The first kappa shape index (κ1) is 16.5. The van der Waals surface area contributed by atoms with E-state index in [9.17, 15) is 4.79 Å². The van der Waals surface area contributed by atoms with Gasteiger partial charge in [0.1, 0.15) is 11.0 Å². The summed E-state index contributed by atoms with van der Waals surface area (Å²) >= 11 is 14.6. The summed E-state index contributed by atoms with van der Waals surface area (Å²) in [6, 6.07) is 10.6. The average Bonchev–Trinajstić information content (AvgIpc) is 2.97. The van der Waals surface area contributed by atoms with Crippen molar-refractivity contribution in [2.45, 2.75) is 0 Å². The molecular formula is C14H8ClIN4OS2. The molecule has 0 bridgehead atoms. The third-order valence-electron chi connectivity index (χ3n) is 2.92. The minimum absolute atomic E-state index is 0.176. The smallest absolute Gasteiger partial charge is 0.257 e. The molecule has 0 spiro atoms. The molecule has 2 aromatic carbocycles. The van der Waals surface area contributed by atoms with Gasteiger partial charge in [0.25, 0.3) is 5.91 Å². The maximum absolute atomic E-state index is 12.2. The third-order valence-corrected chi connectivity index (χ3v) is 4.67. The fraction of sp³-hybridized carbons (Fsp3) is 0. The number of carbonyl (C=O) groups is 1. The maximum Gasteiger partial charge on any atom is 0.257 e. The first-order chi connectivity index (χ1) is 11.0. The Morgan fingerprint density at radius 1 is 1.17 bits per heavy atom. The molecule has 0 aliphatic rings. The Hall–Kier alpha value is -1.36. The summed E-state index contributed by atoms with van der Waals surface area (Å²) in [5.74, 6) is -0.320. The van der Waals surface area contributed by atoms with Crippen LogP contribution < -0.4 is 10.6 Å². The Morgan fingerprint density at radius 3 is 2.74 bits per heavy atom. The van der Waals surface area contributed by atoms with Crippen molar-refractivity contribution in [3.63, 3.8) is 0 Å². The van der Waals surface area contributed by atoms with Crippen molar-refractivity contribution in [2.24, 2.45) is 0 Å². The number of fused-ring (bicyclic) bond motifs is 1. The van der Waals surface area contributed by atoms with Gasteiger partial charge >= 0.3 is 0 Å². The van der Waals surface area contributed by atoms with Crippen molar-refractivity contribution in [3.05, 3.63) is 50.6 Å². The quantitative estimate of drug-likeness (QED) is 0.433. The molecule has 9 heteroatoms. The number of hydrogen-bond donors (Lipinski definition) is 2. The van der Waals surface area contributed by atoms with Gasteiger partial charge in [-0.25, -0.2) is 0 Å². The fourth-order valence-corrected chi connectivity index (χ4v) is 3.47. The molecular weight excluding hydrogens is 467 g/mol. The Labute approximate surface area is 159 Å². The molecule has 1 amide bonds. The van der Waals surface area contributed by atoms with Gasteiger partial charge in [-0.15, -0.1) is 0 Å². The van der Waals surface area contributed by atoms with Crippen molar-refractivity contribution in [3.8, 4) is 0 Å². The van der Waals surface area contributed by atoms with Crippen LogP contribution in [0.4, 0.5) is 5.69 Å².